The molecule has 0 bridgehead atoms. The number of aryl methyl sites for hydroxylation is 2. The van der Waals surface area contributed by atoms with E-state index in [1.807, 2.05) is 38.1 Å². The molecule has 0 amide bonds. The molecule has 0 N–H and O–H groups in total. The molecule has 0 unspecified atom stereocenters. The van der Waals surface area contributed by atoms with Crippen LogP contribution in [0.2, 0.25) is 0 Å². The van der Waals surface area contributed by atoms with Crippen molar-refractivity contribution < 1.29 is 9.20 Å². The molecule has 0 aliphatic rings. The van der Waals surface area contributed by atoms with Gasteiger partial charge in [0.15, 0.2) is 9.95 Å². The first-order chi connectivity index (χ1) is 10.7. The number of hydrogen-bond donors (Lipinski definition) is 0. The third-order valence-corrected chi connectivity index (χ3v) is 2.30. The SMILES string of the molecule is Cc1ccc([N+]#N)cc1.Cc1ccc([N+]#N)cc1.[Cl][Cu-2]([Cl])([Cl])[Cl]. The van der Waals surface area contributed by atoms with E-state index in [2.05, 4.69) is 9.95 Å². The number of rotatable bonds is 0. The Balaban J connectivity index is 0.000000332. The quantitative estimate of drug-likeness (QED) is 0.309. The molecule has 9 heteroatoms. The summed E-state index contributed by atoms with van der Waals surface area (Å²) < 4.78 is 0. The van der Waals surface area contributed by atoms with Crippen LogP contribution in [0.15, 0.2) is 48.5 Å². The van der Waals surface area contributed by atoms with Gasteiger partial charge in [-0.2, -0.15) is 0 Å². The standard InChI is InChI=1S/2C7H7N2.4ClH.Cu/c2*1-6-2-4-7(9-8)5-3-6;;;;;/h2*2-5H,1H3;4*1H;/q2*+1;;;;;+2/p-4. The second-order valence-electron chi connectivity index (χ2n) is 4.13. The summed E-state index contributed by atoms with van der Waals surface area (Å²) in [7, 11) is 17.4. The van der Waals surface area contributed by atoms with Gasteiger partial charge in [-0.25, -0.2) is 0 Å². The van der Waals surface area contributed by atoms with Crippen LogP contribution in [0.25, 0.3) is 9.95 Å². The fourth-order valence-corrected chi connectivity index (χ4v) is 1.22. The molecule has 129 valence electrons. The number of benzene rings is 2. The van der Waals surface area contributed by atoms with E-state index in [0.29, 0.717) is 11.4 Å². The molecule has 2 aromatic rings. The molecule has 2 rings (SSSR count). The van der Waals surface area contributed by atoms with Crippen molar-refractivity contribution >= 4 is 51.8 Å². The van der Waals surface area contributed by atoms with Crippen LogP contribution in [0.3, 0.4) is 0 Å². The van der Waals surface area contributed by atoms with Gasteiger partial charge in [-0.3, -0.25) is 0 Å². The van der Waals surface area contributed by atoms with Crippen LogP contribution in [0.4, 0.5) is 11.4 Å². The summed E-state index contributed by atoms with van der Waals surface area (Å²) in [6.45, 7) is 3.97. The molecule has 4 nitrogen and oxygen atoms in total. The van der Waals surface area contributed by atoms with E-state index in [9.17, 15) is 0 Å². The maximum atomic E-state index is 8.25. The predicted octanol–water partition coefficient (Wildman–Crippen LogP) is 7.71. The summed E-state index contributed by atoms with van der Waals surface area (Å²) >= 11 is 0. The Kier molecular flexibility index (Phi) is 11.0. The van der Waals surface area contributed by atoms with Crippen LogP contribution in [0.5, 0.6) is 0 Å². The maximum absolute atomic E-state index is 8.25. The Morgan fingerprint density at radius 1 is 0.652 bits per heavy atom. The van der Waals surface area contributed by atoms with Gasteiger partial charge in [0.1, 0.15) is 0 Å². The Morgan fingerprint density at radius 2 is 0.870 bits per heavy atom. The Hall–Kier alpha value is -1.04. The first-order valence-corrected chi connectivity index (χ1v) is 11.1. The number of halogens is 4. The predicted molar refractivity (Wildman–Crippen MR) is 95.3 cm³/mol. The monoisotopic (exact) mass is 441 g/mol. The second-order valence-corrected chi connectivity index (χ2v) is 13.5. The molecule has 0 radical (unpaired) electrons. The molecule has 0 aliphatic carbocycles. The molecule has 0 fully saturated rings. The number of hydrogen-bond acceptors (Lipinski definition) is 2. The van der Waals surface area contributed by atoms with E-state index >= 15 is 0 Å². The van der Waals surface area contributed by atoms with E-state index in [1.165, 1.54) is 11.1 Å². The summed E-state index contributed by atoms with van der Waals surface area (Å²) in [6.07, 6.45) is 0. The van der Waals surface area contributed by atoms with Crippen LogP contribution in [0.1, 0.15) is 11.1 Å². The fraction of sp³-hybridized carbons (Fsp3) is 0.143. The molecular weight excluding hydrogens is 430 g/mol. The van der Waals surface area contributed by atoms with E-state index in [1.54, 1.807) is 24.3 Å². The minimum atomic E-state index is -2.24. The van der Waals surface area contributed by atoms with Gasteiger partial charge in [0, 0.05) is 24.3 Å². The molecule has 2 aromatic carbocycles. The summed E-state index contributed by atoms with van der Waals surface area (Å²) in [5, 5.41) is 16.5. The molecule has 0 heterocycles. The Morgan fingerprint density at radius 3 is 1.04 bits per heavy atom. The first-order valence-electron chi connectivity index (χ1n) is 5.95. The topological polar surface area (TPSA) is 56.3 Å². The first kappa shape index (κ1) is 22.0. The van der Waals surface area contributed by atoms with Crippen LogP contribution >= 0.6 is 40.4 Å². The molecule has 0 saturated heterocycles. The zero-order valence-electron chi connectivity index (χ0n) is 12.2. The van der Waals surface area contributed by atoms with Crippen LogP contribution < -0.4 is 0 Å². The molecular formula is C14H14Cl4CuN4. The van der Waals surface area contributed by atoms with E-state index in [4.69, 9.17) is 51.2 Å². The van der Waals surface area contributed by atoms with Crippen molar-refractivity contribution in [1.29, 1.82) is 10.8 Å². The van der Waals surface area contributed by atoms with Crippen molar-refractivity contribution in [2.45, 2.75) is 13.8 Å². The van der Waals surface area contributed by atoms with E-state index in [-0.39, 0.29) is 0 Å². The average molecular weight is 444 g/mol. The number of nitrogens with zero attached hydrogens (tertiary/aromatic N) is 4. The van der Waals surface area contributed by atoms with Crippen molar-refractivity contribution in [2.24, 2.45) is 0 Å². The van der Waals surface area contributed by atoms with Gasteiger partial charge in [0.05, 0.1) is 0 Å². The summed E-state index contributed by atoms with van der Waals surface area (Å²) in [5.74, 6) is 0. The second kappa shape index (κ2) is 11.5. The van der Waals surface area contributed by atoms with E-state index < -0.39 is 9.20 Å². The zero-order chi connectivity index (χ0) is 17.9. The normalized spacial score (nSPS) is 9.91. The van der Waals surface area contributed by atoms with Gasteiger partial charge in [-0.1, -0.05) is 35.4 Å². The fourth-order valence-electron chi connectivity index (χ4n) is 1.22. The van der Waals surface area contributed by atoms with Gasteiger partial charge >= 0.3 is 61.0 Å². The summed E-state index contributed by atoms with van der Waals surface area (Å²) in [6, 6.07) is 14.6. The summed E-state index contributed by atoms with van der Waals surface area (Å²) in [5.41, 5.74) is 3.53. The number of diazo groups is 2. The van der Waals surface area contributed by atoms with E-state index in [0.717, 1.165) is 0 Å². The van der Waals surface area contributed by atoms with Crippen LogP contribution in [-0.4, -0.2) is 0 Å². The van der Waals surface area contributed by atoms with Gasteiger partial charge in [0.25, 0.3) is 0 Å². The van der Waals surface area contributed by atoms with Crippen LogP contribution in [0, 0.1) is 24.6 Å². The van der Waals surface area contributed by atoms with Crippen molar-refractivity contribution in [3.63, 3.8) is 0 Å². The molecule has 0 spiro atoms. The Labute approximate surface area is 154 Å². The Bertz CT molecular complexity index is 609. The van der Waals surface area contributed by atoms with Gasteiger partial charge < -0.3 is 0 Å². The van der Waals surface area contributed by atoms with Crippen molar-refractivity contribution in [1.82, 2.24) is 0 Å². The van der Waals surface area contributed by atoms with Crippen molar-refractivity contribution in [3.8, 4) is 0 Å². The molecule has 0 aromatic heterocycles. The summed E-state index contributed by atoms with van der Waals surface area (Å²) in [4.78, 5) is 6.02. The minimum absolute atomic E-state index is 0.598. The van der Waals surface area contributed by atoms with Gasteiger partial charge in [-0.15, -0.1) is 0 Å². The van der Waals surface area contributed by atoms with Gasteiger partial charge in [0.2, 0.25) is 10.8 Å². The van der Waals surface area contributed by atoms with Gasteiger partial charge in [-0.05, 0) is 13.8 Å². The average Bonchev–Trinajstić information content (AvgIpc) is 2.48. The molecule has 0 saturated carbocycles. The molecule has 0 aliphatic heterocycles. The molecule has 23 heavy (non-hydrogen) atoms. The third-order valence-electron chi connectivity index (χ3n) is 2.30. The zero-order valence-corrected chi connectivity index (χ0v) is 16.2. The van der Waals surface area contributed by atoms with Crippen molar-refractivity contribution in [3.05, 3.63) is 69.6 Å². The third kappa shape index (κ3) is 14.3. The van der Waals surface area contributed by atoms with Crippen molar-refractivity contribution in [2.75, 3.05) is 0 Å². The van der Waals surface area contributed by atoms with Crippen LogP contribution in [-0.2, 0) is 9.20 Å². The molecule has 0 atom stereocenters.